The van der Waals surface area contributed by atoms with Crippen molar-refractivity contribution in [2.45, 2.75) is 47.5 Å². The highest BCUT2D eigenvalue weighted by molar-refractivity contribution is 5.37. The zero-order chi connectivity index (χ0) is 11.5. The van der Waals surface area contributed by atoms with Crippen molar-refractivity contribution in [3.05, 3.63) is 35.5 Å². The molecule has 0 saturated heterocycles. The van der Waals surface area contributed by atoms with E-state index in [0.717, 1.165) is 5.92 Å². The maximum absolute atomic E-state index is 2.32. The third-order valence-corrected chi connectivity index (χ3v) is 2.97. The fraction of sp³-hybridized carbons (Fsp3) is 0.600. The van der Waals surface area contributed by atoms with Gasteiger partial charge in [0.2, 0.25) is 0 Å². The molecule has 0 unspecified atom stereocenters. The van der Waals surface area contributed by atoms with Crippen molar-refractivity contribution < 1.29 is 0 Å². The van der Waals surface area contributed by atoms with Gasteiger partial charge in [-0.1, -0.05) is 52.0 Å². The monoisotopic (exact) mass is 204 g/mol. The van der Waals surface area contributed by atoms with Gasteiger partial charge in [-0.3, -0.25) is 0 Å². The smallest absolute Gasteiger partial charge is 0.00108 e. The molecule has 0 aromatic carbocycles. The van der Waals surface area contributed by atoms with Crippen LogP contribution in [0.25, 0.3) is 0 Å². The van der Waals surface area contributed by atoms with Gasteiger partial charge < -0.3 is 0 Å². The lowest BCUT2D eigenvalue weighted by molar-refractivity contribution is 0.586. The molecule has 0 atom stereocenters. The van der Waals surface area contributed by atoms with Gasteiger partial charge in [0.05, 0.1) is 0 Å². The summed E-state index contributed by atoms with van der Waals surface area (Å²) in [6.45, 7) is 11.3. The Hall–Kier alpha value is -0.780. The van der Waals surface area contributed by atoms with Crippen LogP contribution in [0.1, 0.15) is 47.5 Å². The Morgan fingerprint density at radius 2 is 1.73 bits per heavy atom. The molecule has 0 heterocycles. The first-order valence-corrected chi connectivity index (χ1v) is 5.99. The van der Waals surface area contributed by atoms with Crippen molar-refractivity contribution in [2.75, 3.05) is 0 Å². The second kappa shape index (κ2) is 4.83. The van der Waals surface area contributed by atoms with Gasteiger partial charge in [0.15, 0.2) is 0 Å². The van der Waals surface area contributed by atoms with Crippen LogP contribution in [-0.4, -0.2) is 0 Å². The lowest BCUT2D eigenvalue weighted by atomic mass is 9.93. The molecule has 0 nitrogen and oxygen atoms in total. The summed E-state index contributed by atoms with van der Waals surface area (Å²) in [4.78, 5) is 0. The summed E-state index contributed by atoms with van der Waals surface area (Å²) in [7, 11) is 0. The molecule has 0 heteroatoms. The van der Waals surface area contributed by atoms with Gasteiger partial charge in [0, 0.05) is 5.41 Å². The SMILES string of the molecule is CC1=C(CCC(C)C)C=CC(C)(C)C=C1. The van der Waals surface area contributed by atoms with E-state index in [2.05, 4.69) is 58.9 Å². The second-order valence-corrected chi connectivity index (χ2v) is 5.63. The topological polar surface area (TPSA) is 0 Å². The third-order valence-electron chi connectivity index (χ3n) is 2.97. The molecule has 15 heavy (non-hydrogen) atoms. The van der Waals surface area contributed by atoms with Crippen LogP contribution in [-0.2, 0) is 0 Å². The molecule has 0 aliphatic heterocycles. The van der Waals surface area contributed by atoms with Crippen LogP contribution in [0.3, 0.4) is 0 Å². The molecule has 0 radical (unpaired) electrons. The summed E-state index contributed by atoms with van der Waals surface area (Å²) in [5.41, 5.74) is 3.14. The molecule has 1 aliphatic rings. The van der Waals surface area contributed by atoms with E-state index in [4.69, 9.17) is 0 Å². The van der Waals surface area contributed by atoms with Gasteiger partial charge >= 0.3 is 0 Å². The fourth-order valence-electron chi connectivity index (χ4n) is 1.67. The van der Waals surface area contributed by atoms with Crippen LogP contribution >= 0.6 is 0 Å². The molecule has 0 N–H and O–H groups in total. The van der Waals surface area contributed by atoms with Gasteiger partial charge in [-0.2, -0.15) is 0 Å². The first-order valence-electron chi connectivity index (χ1n) is 5.99. The quantitative estimate of drug-likeness (QED) is 0.614. The van der Waals surface area contributed by atoms with Crippen molar-refractivity contribution >= 4 is 0 Å². The maximum Gasteiger partial charge on any atom is 0.00108 e. The van der Waals surface area contributed by atoms with Crippen LogP contribution in [0.5, 0.6) is 0 Å². The van der Waals surface area contributed by atoms with Gasteiger partial charge in [0.1, 0.15) is 0 Å². The Bertz CT molecular complexity index is 298. The molecule has 0 aromatic rings. The molecule has 1 rings (SSSR count). The number of hydrogen-bond donors (Lipinski definition) is 0. The summed E-state index contributed by atoms with van der Waals surface area (Å²) in [5.74, 6) is 0.791. The van der Waals surface area contributed by atoms with E-state index < -0.39 is 0 Å². The fourth-order valence-corrected chi connectivity index (χ4v) is 1.67. The van der Waals surface area contributed by atoms with E-state index in [0.29, 0.717) is 0 Å². The minimum atomic E-state index is 0.209. The van der Waals surface area contributed by atoms with Crippen molar-refractivity contribution in [1.29, 1.82) is 0 Å². The predicted octanol–water partition coefficient (Wildman–Crippen LogP) is 4.89. The van der Waals surface area contributed by atoms with E-state index in [1.54, 1.807) is 0 Å². The average molecular weight is 204 g/mol. The van der Waals surface area contributed by atoms with Gasteiger partial charge in [-0.25, -0.2) is 0 Å². The summed E-state index contributed by atoms with van der Waals surface area (Å²) in [6, 6.07) is 0. The molecule has 0 amide bonds. The Balaban J connectivity index is 2.75. The van der Waals surface area contributed by atoms with Crippen LogP contribution in [0.4, 0.5) is 0 Å². The standard InChI is InChI=1S/C15H24/c1-12(2)6-7-14-9-11-15(4,5)10-8-13(14)3/h8-12H,6-7H2,1-5H3. The lowest BCUT2D eigenvalue weighted by Crippen LogP contribution is -2.00. The Morgan fingerprint density at radius 3 is 2.33 bits per heavy atom. The molecular weight excluding hydrogens is 180 g/mol. The van der Waals surface area contributed by atoms with Crippen LogP contribution < -0.4 is 0 Å². The average Bonchev–Trinajstić information content (AvgIpc) is 2.25. The normalized spacial score (nSPS) is 19.9. The van der Waals surface area contributed by atoms with E-state index in [1.165, 1.54) is 24.0 Å². The van der Waals surface area contributed by atoms with Crippen molar-refractivity contribution in [3.8, 4) is 0 Å². The molecule has 0 aromatic heterocycles. The molecule has 0 bridgehead atoms. The van der Waals surface area contributed by atoms with Crippen molar-refractivity contribution in [1.82, 2.24) is 0 Å². The molecule has 0 spiro atoms. The molecule has 0 fully saturated rings. The predicted molar refractivity (Wildman–Crippen MR) is 68.8 cm³/mol. The van der Waals surface area contributed by atoms with E-state index in [-0.39, 0.29) is 5.41 Å². The first-order chi connectivity index (χ1) is 6.91. The van der Waals surface area contributed by atoms with Gasteiger partial charge in [-0.15, -0.1) is 0 Å². The molecule has 84 valence electrons. The summed E-state index contributed by atoms with van der Waals surface area (Å²) in [5, 5.41) is 0. The summed E-state index contributed by atoms with van der Waals surface area (Å²) in [6.07, 6.45) is 11.7. The Kier molecular flexibility index (Phi) is 3.96. The highest BCUT2D eigenvalue weighted by Crippen LogP contribution is 2.27. The summed E-state index contributed by atoms with van der Waals surface area (Å²) < 4.78 is 0. The number of rotatable bonds is 3. The Morgan fingerprint density at radius 1 is 1.13 bits per heavy atom. The summed E-state index contributed by atoms with van der Waals surface area (Å²) >= 11 is 0. The molecule has 1 aliphatic carbocycles. The van der Waals surface area contributed by atoms with E-state index in [9.17, 15) is 0 Å². The van der Waals surface area contributed by atoms with Crippen molar-refractivity contribution in [2.24, 2.45) is 11.3 Å². The van der Waals surface area contributed by atoms with Gasteiger partial charge in [0.25, 0.3) is 0 Å². The number of hydrogen-bond acceptors (Lipinski definition) is 0. The second-order valence-electron chi connectivity index (χ2n) is 5.63. The van der Waals surface area contributed by atoms with Crippen LogP contribution in [0.15, 0.2) is 35.5 Å². The lowest BCUT2D eigenvalue weighted by Gasteiger charge is -2.12. The van der Waals surface area contributed by atoms with Crippen LogP contribution in [0.2, 0.25) is 0 Å². The zero-order valence-corrected chi connectivity index (χ0v) is 10.8. The maximum atomic E-state index is 2.32. The zero-order valence-electron chi connectivity index (χ0n) is 10.8. The third kappa shape index (κ3) is 4.07. The first kappa shape index (κ1) is 12.3. The largest absolute Gasteiger partial charge is 0.0748 e. The molecular formula is C15H24. The van der Waals surface area contributed by atoms with Gasteiger partial charge in [-0.05, 0) is 36.8 Å². The number of allylic oxidation sites excluding steroid dienone is 6. The van der Waals surface area contributed by atoms with E-state index >= 15 is 0 Å². The highest BCUT2D eigenvalue weighted by Gasteiger charge is 2.12. The minimum Gasteiger partial charge on any atom is -0.0748 e. The minimum absolute atomic E-state index is 0.209. The molecule has 0 saturated carbocycles. The van der Waals surface area contributed by atoms with Crippen molar-refractivity contribution in [3.63, 3.8) is 0 Å². The Labute approximate surface area is 94.8 Å². The van der Waals surface area contributed by atoms with E-state index in [1.807, 2.05) is 0 Å². The van der Waals surface area contributed by atoms with Crippen LogP contribution in [0, 0.1) is 11.3 Å². The highest BCUT2D eigenvalue weighted by atomic mass is 14.2.